The monoisotopic (exact) mass is 414 g/mol. The summed E-state index contributed by atoms with van der Waals surface area (Å²) in [4.78, 5) is 14.1. The van der Waals surface area contributed by atoms with Crippen LogP contribution in [0.3, 0.4) is 0 Å². The van der Waals surface area contributed by atoms with Gasteiger partial charge in [-0.05, 0) is 50.3 Å². The number of benzene rings is 1. The van der Waals surface area contributed by atoms with Gasteiger partial charge in [-0.3, -0.25) is 4.79 Å². The number of carbonyl (C=O) groups is 1. The van der Waals surface area contributed by atoms with Gasteiger partial charge < -0.3 is 14.7 Å². The second kappa shape index (κ2) is 9.30. The maximum absolute atomic E-state index is 13.4. The minimum absolute atomic E-state index is 0.0418. The molecule has 3 rings (SSSR count). The SMILES string of the molecule is O=C(C[C@@H]1CC[C@H](NS(=O)(=O)c2cccc(F)c2)[C@H](CO)O1)N1CCCCC1. The lowest BCUT2D eigenvalue weighted by Gasteiger charge is -2.36. The fourth-order valence-electron chi connectivity index (χ4n) is 3.79. The summed E-state index contributed by atoms with van der Waals surface area (Å²) >= 11 is 0. The zero-order valence-corrected chi connectivity index (χ0v) is 16.5. The van der Waals surface area contributed by atoms with E-state index in [1.807, 2.05) is 4.90 Å². The van der Waals surface area contributed by atoms with Gasteiger partial charge in [0.05, 0.1) is 36.2 Å². The Kier molecular flexibility index (Phi) is 7.03. The summed E-state index contributed by atoms with van der Waals surface area (Å²) in [6.45, 7) is 1.17. The lowest BCUT2D eigenvalue weighted by atomic mass is 9.97. The number of nitrogens with zero attached hydrogens (tertiary/aromatic N) is 1. The van der Waals surface area contributed by atoms with Gasteiger partial charge >= 0.3 is 0 Å². The van der Waals surface area contributed by atoms with Crippen LogP contribution < -0.4 is 4.72 Å². The number of halogens is 1. The largest absolute Gasteiger partial charge is 0.394 e. The summed E-state index contributed by atoms with van der Waals surface area (Å²) in [7, 11) is -3.94. The number of piperidine rings is 1. The normalized spacial score (nSPS) is 26.2. The molecule has 0 radical (unpaired) electrons. The van der Waals surface area contributed by atoms with Crippen LogP contribution in [0, 0.1) is 5.82 Å². The van der Waals surface area contributed by atoms with Crippen LogP contribution >= 0.6 is 0 Å². The number of sulfonamides is 1. The molecule has 0 aliphatic carbocycles. The quantitative estimate of drug-likeness (QED) is 0.734. The minimum Gasteiger partial charge on any atom is -0.394 e. The zero-order chi connectivity index (χ0) is 20.1. The number of rotatable bonds is 6. The molecule has 2 aliphatic rings. The lowest BCUT2D eigenvalue weighted by Crippen LogP contribution is -2.51. The Morgan fingerprint density at radius 1 is 1.25 bits per heavy atom. The minimum atomic E-state index is -3.94. The highest BCUT2D eigenvalue weighted by Gasteiger charge is 2.35. The van der Waals surface area contributed by atoms with Crippen LogP contribution in [0.2, 0.25) is 0 Å². The van der Waals surface area contributed by atoms with Crippen LogP contribution in [0.15, 0.2) is 29.2 Å². The van der Waals surface area contributed by atoms with Crippen LogP contribution in [0.25, 0.3) is 0 Å². The summed E-state index contributed by atoms with van der Waals surface area (Å²) in [6, 6.07) is 4.11. The fourth-order valence-corrected chi connectivity index (χ4v) is 5.12. The molecule has 0 aromatic heterocycles. The molecule has 0 bridgehead atoms. The van der Waals surface area contributed by atoms with Gasteiger partial charge in [0.1, 0.15) is 5.82 Å². The molecule has 1 amide bonds. The Morgan fingerprint density at radius 2 is 2.00 bits per heavy atom. The summed E-state index contributed by atoms with van der Waals surface area (Å²) in [6.07, 6.45) is 3.24. The van der Waals surface area contributed by atoms with Gasteiger partial charge in [-0.2, -0.15) is 0 Å². The van der Waals surface area contributed by atoms with E-state index in [0.717, 1.165) is 38.4 Å². The van der Waals surface area contributed by atoms with E-state index < -0.39 is 28.0 Å². The maximum atomic E-state index is 13.4. The van der Waals surface area contributed by atoms with Crippen molar-refractivity contribution in [2.45, 2.75) is 61.7 Å². The Bertz CT molecular complexity index is 782. The van der Waals surface area contributed by atoms with Crippen molar-refractivity contribution in [3.8, 4) is 0 Å². The van der Waals surface area contributed by atoms with Gasteiger partial charge in [0, 0.05) is 13.1 Å². The number of likely N-dealkylation sites (tertiary alicyclic amines) is 1. The van der Waals surface area contributed by atoms with E-state index in [0.29, 0.717) is 12.8 Å². The summed E-state index contributed by atoms with van der Waals surface area (Å²) < 4.78 is 46.7. The highest BCUT2D eigenvalue weighted by atomic mass is 32.2. The van der Waals surface area contributed by atoms with Gasteiger partial charge in [0.15, 0.2) is 0 Å². The van der Waals surface area contributed by atoms with E-state index in [4.69, 9.17) is 4.74 Å². The predicted molar refractivity (Wildman–Crippen MR) is 101 cm³/mol. The molecule has 1 aromatic rings. The second-order valence-corrected chi connectivity index (χ2v) is 9.10. The second-order valence-electron chi connectivity index (χ2n) is 7.39. The highest BCUT2D eigenvalue weighted by Crippen LogP contribution is 2.25. The van der Waals surface area contributed by atoms with E-state index in [1.54, 1.807) is 0 Å². The number of ether oxygens (including phenoxy) is 1. The van der Waals surface area contributed by atoms with Gasteiger partial charge in [-0.25, -0.2) is 17.5 Å². The number of hydrogen-bond acceptors (Lipinski definition) is 5. The Labute approximate surface area is 164 Å². The molecule has 0 spiro atoms. The van der Waals surface area contributed by atoms with Crippen molar-refractivity contribution in [1.29, 1.82) is 0 Å². The summed E-state index contributed by atoms with van der Waals surface area (Å²) in [5.41, 5.74) is 0. The van der Waals surface area contributed by atoms with Crippen molar-refractivity contribution in [3.63, 3.8) is 0 Å². The standard InChI is InChI=1S/C19H27FN2O5S/c20-14-5-4-6-16(11-14)28(25,26)21-17-8-7-15(27-18(17)13-23)12-19(24)22-9-2-1-3-10-22/h4-6,11,15,17-18,21,23H,1-3,7-10,12-13H2/t15-,17-,18-/m0/s1. The van der Waals surface area contributed by atoms with Crippen LogP contribution in [-0.2, 0) is 19.6 Å². The molecular formula is C19H27FN2O5S. The third-order valence-electron chi connectivity index (χ3n) is 5.32. The molecule has 28 heavy (non-hydrogen) atoms. The van der Waals surface area contributed by atoms with Gasteiger partial charge in [0.2, 0.25) is 15.9 Å². The molecule has 9 heteroatoms. The molecule has 2 heterocycles. The van der Waals surface area contributed by atoms with Crippen molar-refractivity contribution in [3.05, 3.63) is 30.1 Å². The average Bonchev–Trinajstić information content (AvgIpc) is 2.69. The molecule has 2 aliphatic heterocycles. The first-order chi connectivity index (χ1) is 13.4. The Morgan fingerprint density at radius 3 is 2.68 bits per heavy atom. The lowest BCUT2D eigenvalue weighted by molar-refractivity contribution is -0.140. The van der Waals surface area contributed by atoms with E-state index in [9.17, 15) is 22.7 Å². The van der Waals surface area contributed by atoms with Crippen molar-refractivity contribution in [2.24, 2.45) is 0 Å². The van der Waals surface area contributed by atoms with Crippen molar-refractivity contribution < 1.29 is 27.4 Å². The number of aliphatic hydroxyl groups is 1. The Hall–Kier alpha value is -1.55. The predicted octanol–water partition coefficient (Wildman–Crippen LogP) is 1.42. The van der Waals surface area contributed by atoms with Crippen molar-refractivity contribution >= 4 is 15.9 Å². The highest BCUT2D eigenvalue weighted by molar-refractivity contribution is 7.89. The topological polar surface area (TPSA) is 95.9 Å². The first-order valence-corrected chi connectivity index (χ1v) is 11.2. The first-order valence-electron chi connectivity index (χ1n) is 9.71. The number of amides is 1. The molecule has 3 atom stereocenters. The van der Waals surface area contributed by atoms with E-state index in [-0.39, 0.29) is 29.9 Å². The van der Waals surface area contributed by atoms with E-state index in [2.05, 4.69) is 4.72 Å². The number of hydrogen-bond donors (Lipinski definition) is 2. The maximum Gasteiger partial charge on any atom is 0.241 e. The Balaban J connectivity index is 1.59. The number of aliphatic hydroxyl groups excluding tert-OH is 1. The van der Waals surface area contributed by atoms with Crippen LogP contribution in [0.4, 0.5) is 4.39 Å². The molecule has 156 valence electrons. The van der Waals surface area contributed by atoms with Gasteiger partial charge in [-0.1, -0.05) is 6.07 Å². The number of carbonyl (C=O) groups excluding carboxylic acids is 1. The zero-order valence-electron chi connectivity index (χ0n) is 15.7. The van der Waals surface area contributed by atoms with Gasteiger partial charge in [-0.15, -0.1) is 0 Å². The molecule has 0 unspecified atom stereocenters. The van der Waals surface area contributed by atoms with Crippen LogP contribution in [0.5, 0.6) is 0 Å². The molecular weight excluding hydrogens is 387 g/mol. The van der Waals surface area contributed by atoms with E-state index >= 15 is 0 Å². The third-order valence-corrected chi connectivity index (χ3v) is 6.81. The summed E-state index contributed by atoms with van der Waals surface area (Å²) in [5, 5.41) is 9.66. The molecule has 0 saturated carbocycles. The molecule has 2 fully saturated rings. The molecule has 1 aromatic carbocycles. The van der Waals surface area contributed by atoms with Gasteiger partial charge in [0.25, 0.3) is 0 Å². The van der Waals surface area contributed by atoms with Crippen molar-refractivity contribution in [2.75, 3.05) is 19.7 Å². The van der Waals surface area contributed by atoms with Crippen molar-refractivity contribution in [1.82, 2.24) is 9.62 Å². The molecule has 7 nitrogen and oxygen atoms in total. The van der Waals surface area contributed by atoms with Crippen LogP contribution in [-0.4, -0.2) is 62.3 Å². The van der Waals surface area contributed by atoms with Crippen LogP contribution in [0.1, 0.15) is 38.5 Å². The number of nitrogens with one attached hydrogen (secondary N) is 1. The third kappa shape index (κ3) is 5.28. The average molecular weight is 414 g/mol. The van der Waals surface area contributed by atoms with E-state index in [1.165, 1.54) is 18.2 Å². The molecule has 2 N–H and O–H groups in total. The fraction of sp³-hybridized carbons (Fsp3) is 0.632. The smallest absolute Gasteiger partial charge is 0.241 e. The first kappa shape index (κ1) is 21.2. The summed E-state index contributed by atoms with van der Waals surface area (Å²) in [5.74, 6) is -0.599. The molecule has 2 saturated heterocycles.